The van der Waals surface area contributed by atoms with E-state index in [0.29, 0.717) is 11.3 Å². The number of halogens is 1. The zero-order valence-corrected chi connectivity index (χ0v) is 9.15. The molecule has 0 atom stereocenters. The summed E-state index contributed by atoms with van der Waals surface area (Å²) in [7, 11) is 0. The van der Waals surface area contributed by atoms with Crippen molar-refractivity contribution in [3.63, 3.8) is 0 Å². The SMILES string of the molecule is Cc1occc1C(=O)Nc1nccc(Cl)n1. The standard InChI is InChI=1S/C10H8ClN3O2/c1-6-7(3-5-16-6)9(15)14-10-12-4-2-8(11)13-10/h2-5H,1H3,(H,12,13,14,15). The van der Waals surface area contributed by atoms with E-state index in [1.807, 2.05) is 0 Å². The van der Waals surface area contributed by atoms with Gasteiger partial charge in [-0.15, -0.1) is 0 Å². The van der Waals surface area contributed by atoms with Gasteiger partial charge >= 0.3 is 0 Å². The van der Waals surface area contributed by atoms with Crippen molar-refractivity contribution in [1.82, 2.24) is 9.97 Å². The molecular weight excluding hydrogens is 230 g/mol. The van der Waals surface area contributed by atoms with E-state index < -0.39 is 0 Å². The molecule has 0 unspecified atom stereocenters. The number of hydrogen-bond donors (Lipinski definition) is 1. The maximum absolute atomic E-state index is 11.7. The van der Waals surface area contributed by atoms with Crippen LogP contribution in [0.15, 0.2) is 29.0 Å². The molecule has 1 N–H and O–H groups in total. The predicted octanol–water partition coefficient (Wildman–Crippen LogP) is 2.28. The number of carbonyl (C=O) groups excluding carboxylic acids is 1. The molecule has 2 rings (SSSR count). The average molecular weight is 238 g/mol. The van der Waals surface area contributed by atoms with Gasteiger partial charge in [-0.25, -0.2) is 9.97 Å². The number of rotatable bonds is 2. The zero-order chi connectivity index (χ0) is 11.5. The normalized spacial score (nSPS) is 10.1. The molecule has 5 nitrogen and oxygen atoms in total. The lowest BCUT2D eigenvalue weighted by Crippen LogP contribution is -2.14. The Labute approximate surface area is 96.5 Å². The van der Waals surface area contributed by atoms with Crippen molar-refractivity contribution in [3.05, 3.63) is 41.1 Å². The summed E-state index contributed by atoms with van der Waals surface area (Å²) in [5.74, 6) is 0.381. The highest BCUT2D eigenvalue weighted by Gasteiger charge is 2.12. The number of anilines is 1. The third kappa shape index (κ3) is 2.20. The third-order valence-electron chi connectivity index (χ3n) is 1.95. The molecule has 0 bridgehead atoms. The lowest BCUT2D eigenvalue weighted by atomic mass is 10.2. The summed E-state index contributed by atoms with van der Waals surface area (Å²) in [6.07, 6.45) is 2.91. The van der Waals surface area contributed by atoms with Crippen LogP contribution in [-0.2, 0) is 0 Å². The van der Waals surface area contributed by atoms with Gasteiger partial charge in [0.1, 0.15) is 10.9 Å². The van der Waals surface area contributed by atoms with Gasteiger partial charge in [0.15, 0.2) is 0 Å². The molecule has 0 aliphatic heterocycles. The van der Waals surface area contributed by atoms with Crippen molar-refractivity contribution < 1.29 is 9.21 Å². The molecular formula is C10H8ClN3O2. The fourth-order valence-electron chi connectivity index (χ4n) is 1.19. The van der Waals surface area contributed by atoms with E-state index in [4.69, 9.17) is 16.0 Å². The lowest BCUT2D eigenvalue weighted by Gasteiger charge is -2.01. The second-order valence-corrected chi connectivity index (χ2v) is 3.43. The summed E-state index contributed by atoms with van der Waals surface area (Å²) in [5.41, 5.74) is 0.448. The second-order valence-electron chi connectivity index (χ2n) is 3.05. The van der Waals surface area contributed by atoms with Crippen LogP contribution in [0.3, 0.4) is 0 Å². The van der Waals surface area contributed by atoms with Crippen molar-refractivity contribution in [2.24, 2.45) is 0 Å². The van der Waals surface area contributed by atoms with E-state index in [1.165, 1.54) is 18.5 Å². The molecule has 82 valence electrons. The first-order chi connectivity index (χ1) is 7.66. The van der Waals surface area contributed by atoms with Crippen LogP contribution in [0.4, 0.5) is 5.95 Å². The van der Waals surface area contributed by atoms with E-state index >= 15 is 0 Å². The van der Waals surface area contributed by atoms with Crippen molar-refractivity contribution in [2.75, 3.05) is 5.32 Å². The van der Waals surface area contributed by atoms with Gasteiger partial charge in [0.05, 0.1) is 11.8 Å². The van der Waals surface area contributed by atoms with E-state index in [0.717, 1.165) is 0 Å². The predicted molar refractivity (Wildman–Crippen MR) is 58.4 cm³/mol. The summed E-state index contributed by atoms with van der Waals surface area (Å²) in [4.78, 5) is 19.4. The van der Waals surface area contributed by atoms with Crippen LogP contribution in [0.5, 0.6) is 0 Å². The highest BCUT2D eigenvalue weighted by Crippen LogP contribution is 2.11. The number of nitrogens with one attached hydrogen (secondary N) is 1. The van der Waals surface area contributed by atoms with Crippen LogP contribution >= 0.6 is 11.6 Å². The van der Waals surface area contributed by atoms with Crippen LogP contribution in [0.2, 0.25) is 5.15 Å². The average Bonchev–Trinajstić information content (AvgIpc) is 2.64. The summed E-state index contributed by atoms with van der Waals surface area (Å²) < 4.78 is 5.02. The number of carbonyl (C=O) groups is 1. The molecule has 0 saturated carbocycles. The number of hydrogen-bond acceptors (Lipinski definition) is 4. The van der Waals surface area contributed by atoms with Crippen molar-refractivity contribution >= 4 is 23.5 Å². The monoisotopic (exact) mass is 237 g/mol. The maximum Gasteiger partial charge on any atom is 0.261 e. The first-order valence-electron chi connectivity index (χ1n) is 4.51. The highest BCUT2D eigenvalue weighted by molar-refractivity contribution is 6.29. The molecule has 2 aromatic heterocycles. The molecule has 16 heavy (non-hydrogen) atoms. The Hall–Kier alpha value is -1.88. The largest absolute Gasteiger partial charge is 0.469 e. The topological polar surface area (TPSA) is 68.0 Å². The van der Waals surface area contributed by atoms with E-state index in [1.54, 1.807) is 13.0 Å². The van der Waals surface area contributed by atoms with Gasteiger partial charge in [-0.3, -0.25) is 10.1 Å². The molecule has 2 aromatic rings. The Bertz CT molecular complexity index is 524. The van der Waals surface area contributed by atoms with E-state index in [9.17, 15) is 4.79 Å². The minimum absolute atomic E-state index is 0.165. The van der Waals surface area contributed by atoms with Crippen LogP contribution in [0.25, 0.3) is 0 Å². The van der Waals surface area contributed by atoms with E-state index in [2.05, 4.69) is 15.3 Å². The number of nitrogens with zero attached hydrogens (tertiary/aromatic N) is 2. The van der Waals surface area contributed by atoms with Gasteiger partial charge in [-0.1, -0.05) is 11.6 Å². The molecule has 0 spiro atoms. The molecule has 0 radical (unpaired) electrons. The van der Waals surface area contributed by atoms with E-state index in [-0.39, 0.29) is 17.0 Å². The van der Waals surface area contributed by atoms with Crippen molar-refractivity contribution in [2.45, 2.75) is 6.92 Å². The van der Waals surface area contributed by atoms with Gasteiger partial charge in [0.25, 0.3) is 5.91 Å². The first-order valence-corrected chi connectivity index (χ1v) is 4.88. The molecule has 0 saturated heterocycles. The van der Waals surface area contributed by atoms with Gasteiger partial charge in [-0.2, -0.15) is 0 Å². The Kier molecular flexibility index (Phi) is 2.87. The summed E-state index contributed by atoms with van der Waals surface area (Å²) in [6, 6.07) is 3.11. The zero-order valence-electron chi connectivity index (χ0n) is 8.40. The summed E-state index contributed by atoms with van der Waals surface area (Å²) in [6.45, 7) is 1.70. The number of furan rings is 1. The first kappa shape index (κ1) is 10.6. The number of amides is 1. The van der Waals surface area contributed by atoms with Crippen LogP contribution in [-0.4, -0.2) is 15.9 Å². The van der Waals surface area contributed by atoms with Crippen LogP contribution in [0, 0.1) is 6.92 Å². The van der Waals surface area contributed by atoms with Crippen LogP contribution < -0.4 is 5.32 Å². The Morgan fingerprint density at radius 3 is 2.94 bits per heavy atom. The molecule has 0 aliphatic rings. The molecule has 2 heterocycles. The van der Waals surface area contributed by atoms with Gasteiger partial charge < -0.3 is 4.42 Å². The van der Waals surface area contributed by atoms with Gasteiger partial charge in [-0.05, 0) is 19.1 Å². The smallest absolute Gasteiger partial charge is 0.261 e. The minimum atomic E-state index is -0.325. The van der Waals surface area contributed by atoms with Crippen molar-refractivity contribution in [3.8, 4) is 0 Å². The second kappa shape index (κ2) is 4.32. The van der Waals surface area contributed by atoms with Gasteiger partial charge in [0.2, 0.25) is 5.95 Å². The molecule has 0 fully saturated rings. The quantitative estimate of drug-likeness (QED) is 0.814. The maximum atomic E-state index is 11.7. The Morgan fingerprint density at radius 2 is 2.31 bits per heavy atom. The highest BCUT2D eigenvalue weighted by atomic mass is 35.5. The number of aromatic nitrogens is 2. The molecule has 0 aliphatic carbocycles. The number of aryl methyl sites for hydroxylation is 1. The van der Waals surface area contributed by atoms with Crippen molar-refractivity contribution in [1.29, 1.82) is 0 Å². The third-order valence-corrected chi connectivity index (χ3v) is 2.16. The molecule has 6 heteroatoms. The molecule has 1 amide bonds. The summed E-state index contributed by atoms with van der Waals surface area (Å²) >= 11 is 5.66. The lowest BCUT2D eigenvalue weighted by molar-refractivity contribution is 0.102. The Balaban J connectivity index is 2.17. The fraction of sp³-hybridized carbons (Fsp3) is 0.100. The minimum Gasteiger partial charge on any atom is -0.469 e. The summed E-state index contributed by atoms with van der Waals surface area (Å²) in [5, 5.41) is 2.79. The molecule has 0 aromatic carbocycles. The fourth-order valence-corrected chi connectivity index (χ4v) is 1.32. The Morgan fingerprint density at radius 1 is 1.50 bits per heavy atom. The van der Waals surface area contributed by atoms with Gasteiger partial charge in [0, 0.05) is 6.20 Å². The van der Waals surface area contributed by atoms with Crippen LogP contribution in [0.1, 0.15) is 16.1 Å².